The maximum atomic E-state index is 6.12. The third-order valence-corrected chi connectivity index (χ3v) is 5.06. The van der Waals surface area contributed by atoms with Crippen LogP contribution in [0, 0.1) is 0 Å². The molecule has 2 heterocycles. The molecule has 0 amide bonds. The molecular weight excluding hydrogens is 384 g/mol. The highest BCUT2D eigenvalue weighted by Crippen LogP contribution is 2.26. The summed E-state index contributed by atoms with van der Waals surface area (Å²) in [6.07, 6.45) is 2.85. The van der Waals surface area contributed by atoms with E-state index in [0.29, 0.717) is 5.95 Å². The number of anilines is 3. The molecule has 3 N–H and O–H groups in total. The van der Waals surface area contributed by atoms with Crippen molar-refractivity contribution in [3.8, 4) is 11.1 Å². The number of rotatable bonds is 8. The van der Waals surface area contributed by atoms with Gasteiger partial charge in [0.25, 0.3) is 0 Å². The summed E-state index contributed by atoms with van der Waals surface area (Å²) in [5.41, 5.74) is 3.09. The van der Waals surface area contributed by atoms with Crippen LogP contribution >= 0.6 is 11.6 Å². The van der Waals surface area contributed by atoms with Gasteiger partial charge in [0.1, 0.15) is 5.82 Å². The minimum absolute atomic E-state index is 0.571. The first kappa shape index (κ1) is 19.6. The van der Waals surface area contributed by atoms with Gasteiger partial charge in [-0.1, -0.05) is 35.9 Å². The Balaban J connectivity index is 1.35. The second-order valence-electron chi connectivity index (χ2n) is 7.04. The fraction of sp³-hybridized carbons (Fsp3) is 0.273. The Morgan fingerprint density at radius 2 is 1.93 bits per heavy atom. The number of nitrogens with one attached hydrogen (secondary N) is 3. The molecule has 1 aliphatic heterocycles. The van der Waals surface area contributed by atoms with Crippen molar-refractivity contribution in [1.82, 2.24) is 20.2 Å². The molecule has 0 aliphatic carbocycles. The van der Waals surface area contributed by atoms with Crippen LogP contribution in [0.5, 0.6) is 0 Å². The molecule has 0 bridgehead atoms. The van der Waals surface area contributed by atoms with Gasteiger partial charge in [0.05, 0.1) is 0 Å². The summed E-state index contributed by atoms with van der Waals surface area (Å²) in [5.74, 6) is 1.40. The zero-order valence-electron chi connectivity index (χ0n) is 16.2. The van der Waals surface area contributed by atoms with E-state index in [4.69, 9.17) is 11.6 Å². The Kier molecular flexibility index (Phi) is 6.56. The molecule has 150 valence electrons. The zero-order valence-corrected chi connectivity index (χ0v) is 17.0. The predicted molar refractivity (Wildman–Crippen MR) is 120 cm³/mol. The largest absolute Gasteiger partial charge is 0.370 e. The molecule has 1 fully saturated rings. The van der Waals surface area contributed by atoms with E-state index < -0.39 is 0 Å². The van der Waals surface area contributed by atoms with Gasteiger partial charge in [0, 0.05) is 49.8 Å². The molecule has 1 aliphatic rings. The fourth-order valence-corrected chi connectivity index (χ4v) is 3.54. The van der Waals surface area contributed by atoms with E-state index in [-0.39, 0.29) is 0 Å². The van der Waals surface area contributed by atoms with Gasteiger partial charge in [-0.05, 0) is 47.9 Å². The van der Waals surface area contributed by atoms with E-state index in [2.05, 4.69) is 43.0 Å². The molecule has 0 saturated carbocycles. The molecule has 1 saturated heterocycles. The first-order valence-corrected chi connectivity index (χ1v) is 10.3. The van der Waals surface area contributed by atoms with Crippen molar-refractivity contribution in [3.05, 3.63) is 65.8 Å². The zero-order chi connectivity index (χ0) is 19.9. The van der Waals surface area contributed by atoms with Crippen molar-refractivity contribution < 1.29 is 0 Å². The third kappa shape index (κ3) is 5.67. The number of hydrogen-bond donors (Lipinski definition) is 3. The fourth-order valence-electron chi connectivity index (χ4n) is 3.35. The van der Waals surface area contributed by atoms with Crippen molar-refractivity contribution in [2.45, 2.75) is 6.42 Å². The average Bonchev–Trinajstić information content (AvgIpc) is 3.25. The lowest BCUT2D eigenvalue weighted by Crippen LogP contribution is -2.24. The van der Waals surface area contributed by atoms with Gasteiger partial charge >= 0.3 is 0 Å². The highest BCUT2D eigenvalue weighted by Gasteiger charge is 2.09. The van der Waals surface area contributed by atoms with Crippen LogP contribution in [0.25, 0.3) is 11.1 Å². The van der Waals surface area contributed by atoms with Crippen molar-refractivity contribution in [2.75, 3.05) is 43.5 Å². The van der Waals surface area contributed by atoms with Gasteiger partial charge in [-0.2, -0.15) is 4.98 Å². The monoisotopic (exact) mass is 408 g/mol. The van der Waals surface area contributed by atoms with Crippen molar-refractivity contribution >= 4 is 29.1 Å². The first-order chi connectivity index (χ1) is 14.3. The Labute approximate surface area is 176 Å². The molecule has 7 heteroatoms. The average molecular weight is 409 g/mol. The Morgan fingerprint density at radius 1 is 1.07 bits per heavy atom. The molecular formula is C22H25ClN6. The quantitative estimate of drug-likeness (QED) is 0.485. The summed E-state index contributed by atoms with van der Waals surface area (Å²) in [5, 5.41) is 10.8. The lowest BCUT2D eigenvalue weighted by atomic mass is 10.1. The maximum Gasteiger partial charge on any atom is 0.229 e. The molecule has 0 unspecified atom stereocenters. The van der Waals surface area contributed by atoms with Crippen molar-refractivity contribution in [1.29, 1.82) is 0 Å². The van der Waals surface area contributed by atoms with Gasteiger partial charge in [-0.25, -0.2) is 4.98 Å². The topological polar surface area (TPSA) is 65.1 Å². The summed E-state index contributed by atoms with van der Waals surface area (Å²) < 4.78 is 0. The predicted octanol–water partition coefficient (Wildman–Crippen LogP) is 4.21. The molecule has 0 radical (unpaired) electrons. The number of aromatic nitrogens is 2. The summed E-state index contributed by atoms with van der Waals surface area (Å²) in [4.78, 5) is 11.3. The molecule has 3 aromatic rings. The van der Waals surface area contributed by atoms with Gasteiger partial charge in [0.2, 0.25) is 5.95 Å². The van der Waals surface area contributed by atoms with E-state index in [0.717, 1.165) is 66.9 Å². The highest BCUT2D eigenvalue weighted by molar-refractivity contribution is 6.30. The van der Waals surface area contributed by atoms with Gasteiger partial charge in [0.15, 0.2) is 0 Å². The Hall–Kier alpha value is -2.67. The minimum Gasteiger partial charge on any atom is -0.370 e. The lowest BCUT2D eigenvalue weighted by Gasteiger charge is -2.14. The second-order valence-corrected chi connectivity index (χ2v) is 7.47. The normalized spacial score (nSPS) is 14.1. The molecule has 6 nitrogen and oxygen atoms in total. The molecule has 0 spiro atoms. The van der Waals surface area contributed by atoms with E-state index in [1.807, 2.05) is 42.5 Å². The highest BCUT2D eigenvalue weighted by atomic mass is 35.5. The molecule has 0 atom stereocenters. The molecule has 2 aromatic carbocycles. The van der Waals surface area contributed by atoms with Crippen LogP contribution in [0.3, 0.4) is 0 Å². The van der Waals surface area contributed by atoms with Crippen LogP contribution in [0.4, 0.5) is 17.5 Å². The van der Waals surface area contributed by atoms with Crippen molar-refractivity contribution in [2.24, 2.45) is 0 Å². The SMILES string of the molecule is Clc1cccc(-c2cccc(Nc3nccc(NCCCN4CCNC4)n3)c2)c1. The van der Waals surface area contributed by atoms with E-state index in [1.165, 1.54) is 0 Å². The second kappa shape index (κ2) is 9.69. The van der Waals surface area contributed by atoms with Gasteiger partial charge < -0.3 is 16.0 Å². The van der Waals surface area contributed by atoms with Gasteiger partial charge in [-0.3, -0.25) is 4.90 Å². The maximum absolute atomic E-state index is 6.12. The van der Waals surface area contributed by atoms with Gasteiger partial charge in [-0.15, -0.1) is 0 Å². The van der Waals surface area contributed by atoms with Crippen LogP contribution < -0.4 is 16.0 Å². The summed E-state index contributed by atoms with van der Waals surface area (Å²) in [6, 6.07) is 17.9. The molecule has 1 aromatic heterocycles. The van der Waals surface area contributed by atoms with E-state index in [1.54, 1.807) is 6.20 Å². The third-order valence-electron chi connectivity index (χ3n) is 4.83. The van der Waals surface area contributed by atoms with Crippen LogP contribution in [0.15, 0.2) is 60.8 Å². The minimum atomic E-state index is 0.571. The van der Waals surface area contributed by atoms with Crippen LogP contribution in [0.1, 0.15) is 6.42 Å². The summed E-state index contributed by atoms with van der Waals surface area (Å²) in [7, 11) is 0. The molecule has 4 rings (SSSR count). The van der Waals surface area contributed by atoms with Crippen LogP contribution in [-0.4, -0.2) is 47.7 Å². The number of benzene rings is 2. The molecule has 29 heavy (non-hydrogen) atoms. The lowest BCUT2D eigenvalue weighted by molar-refractivity contribution is 0.333. The Bertz CT molecular complexity index is 942. The smallest absolute Gasteiger partial charge is 0.229 e. The van der Waals surface area contributed by atoms with Crippen LogP contribution in [-0.2, 0) is 0 Å². The first-order valence-electron chi connectivity index (χ1n) is 9.89. The summed E-state index contributed by atoms with van der Waals surface area (Å²) in [6.45, 7) is 5.20. The van der Waals surface area contributed by atoms with Crippen molar-refractivity contribution in [3.63, 3.8) is 0 Å². The number of hydrogen-bond acceptors (Lipinski definition) is 6. The number of nitrogens with zero attached hydrogens (tertiary/aromatic N) is 3. The standard InChI is InChI=1S/C22H25ClN6/c23-19-6-1-4-17(14-19)18-5-2-7-20(15-18)27-22-26-10-8-21(28-22)25-9-3-12-29-13-11-24-16-29/h1-2,4-8,10,14-15,24H,3,9,11-13,16H2,(H2,25,26,27,28). The van der Waals surface area contributed by atoms with E-state index in [9.17, 15) is 0 Å². The number of halogens is 1. The summed E-state index contributed by atoms with van der Waals surface area (Å²) >= 11 is 6.12. The van der Waals surface area contributed by atoms with E-state index >= 15 is 0 Å². The van der Waals surface area contributed by atoms with Crippen LogP contribution in [0.2, 0.25) is 5.02 Å². The Morgan fingerprint density at radius 3 is 2.76 bits per heavy atom.